The van der Waals surface area contributed by atoms with Crippen molar-refractivity contribution in [2.45, 2.75) is 26.3 Å². The average molecular weight is 275 g/mol. The van der Waals surface area contributed by atoms with Crippen molar-refractivity contribution >= 4 is 11.6 Å². The first-order valence-electron chi connectivity index (χ1n) is 6.46. The average Bonchev–Trinajstić information content (AvgIpc) is 2.44. The third-order valence-electron chi connectivity index (χ3n) is 3.40. The van der Waals surface area contributed by atoms with E-state index >= 15 is 0 Å². The van der Waals surface area contributed by atoms with Crippen molar-refractivity contribution in [1.82, 2.24) is 5.43 Å². The van der Waals surface area contributed by atoms with Crippen LogP contribution in [0.4, 0.5) is 0 Å². The first kappa shape index (κ1) is 14.1. The Morgan fingerprint density at radius 2 is 1.74 bits per heavy atom. The third-order valence-corrected chi connectivity index (χ3v) is 3.83. The molecule has 0 aliphatic carbocycles. The molecule has 2 rings (SSSR count). The van der Waals surface area contributed by atoms with Crippen LogP contribution in [0.3, 0.4) is 0 Å². The van der Waals surface area contributed by atoms with E-state index in [1.165, 1.54) is 5.56 Å². The van der Waals surface area contributed by atoms with E-state index in [0.29, 0.717) is 0 Å². The molecule has 0 aromatic heterocycles. The maximum atomic E-state index is 6.06. The van der Waals surface area contributed by atoms with Crippen molar-refractivity contribution < 1.29 is 0 Å². The van der Waals surface area contributed by atoms with Gasteiger partial charge in [-0.3, -0.25) is 5.84 Å². The van der Waals surface area contributed by atoms with Crippen LogP contribution in [0.25, 0.3) is 0 Å². The lowest BCUT2D eigenvalue weighted by atomic mass is 9.97. The van der Waals surface area contributed by atoms with Gasteiger partial charge in [-0.2, -0.15) is 0 Å². The summed E-state index contributed by atoms with van der Waals surface area (Å²) in [5.74, 6) is 5.71. The summed E-state index contributed by atoms with van der Waals surface area (Å²) in [4.78, 5) is 0. The summed E-state index contributed by atoms with van der Waals surface area (Å²) in [6.07, 6.45) is 1.04. The fourth-order valence-corrected chi connectivity index (χ4v) is 2.30. The molecule has 0 bridgehead atoms. The van der Waals surface area contributed by atoms with Crippen molar-refractivity contribution in [3.63, 3.8) is 0 Å². The van der Waals surface area contributed by atoms with Crippen LogP contribution >= 0.6 is 11.6 Å². The Balaban J connectivity index is 2.34. The summed E-state index contributed by atoms with van der Waals surface area (Å²) in [5.41, 5.74) is 7.53. The Kier molecular flexibility index (Phi) is 4.59. The third kappa shape index (κ3) is 3.16. The highest BCUT2D eigenvalue weighted by atomic mass is 35.5. The fraction of sp³-hybridized carbons (Fsp3) is 0.250. The van der Waals surface area contributed by atoms with E-state index in [4.69, 9.17) is 17.4 Å². The Labute approximate surface area is 119 Å². The van der Waals surface area contributed by atoms with E-state index in [1.54, 1.807) is 0 Å². The second-order valence-corrected chi connectivity index (χ2v) is 5.11. The van der Waals surface area contributed by atoms with E-state index in [1.807, 2.05) is 19.1 Å². The number of benzene rings is 2. The van der Waals surface area contributed by atoms with Gasteiger partial charge >= 0.3 is 0 Å². The molecule has 0 spiro atoms. The van der Waals surface area contributed by atoms with Gasteiger partial charge in [-0.25, -0.2) is 5.43 Å². The zero-order chi connectivity index (χ0) is 13.8. The molecule has 2 aromatic carbocycles. The number of nitrogens with one attached hydrogen (secondary N) is 1. The topological polar surface area (TPSA) is 38.0 Å². The zero-order valence-corrected chi connectivity index (χ0v) is 12.0. The van der Waals surface area contributed by atoms with Crippen LogP contribution in [0.5, 0.6) is 0 Å². The highest BCUT2D eigenvalue weighted by Crippen LogP contribution is 2.25. The minimum Gasteiger partial charge on any atom is -0.271 e. The molecule has 1 atom stereocenters. The summed E-state index contributed by atoms with van der Waals surface area (Å²) in [6, 6.07) is 14.5. The van der Waals surface area contributed by atoms with Crippen LogP contribution in [0.15, 0.2) is 42.5 Å². The molecular formula is C16H19ClN2. The summed E-state index contributed by atoms with van der Waals surface area (Å²) < 4.78 is 0. The van der Waals surface area contributed by atoms with Crippen LogP contribution in [-0.2, 0) is 6.42 Å². The Morgan fingerprint density at radius 1 is 1.11 bits per heavy atom. The van der Waals surface area contributed by atoms with Crippen LogP contribution in [0, 0.1) is 6.92 Å². The van der Waals surface area contributed by atoms with Gasteiger partial charge in [0.1, 0.15) is 0 Å². The van der Waals surface area contributed by atoms with E-state index < -0.39 is 0 Å². The quantitative estimate of drug-likeness (QED) is 0.658. The van der Waals surface area contributed by atoms with Crippen LogP contribution in [0.2, 0.25) is 5.02 Å². The van der Waals surface area contributed by atoms with Gasteiger partial charge in [0, 0.05) is 5.02 Å². The smallest absolute Gasteiger partial charge is 0.0710 e. The Hall–Kier alpha value is -1.35. The lowest BCUT2D eigenvalue weighted by molar-refractivity contribution is 0.636. The van der Waals surface area contributed by atoms with Gasteiger partial charge in [-0.1, -0.05) is 54.9 Å². The summed E-state index contributed by atoms with van der Waals surface area (Å²) in [7, 11) is 0. The molecule has 19 heavy (non-hydrogen) atoms. The number of nitrogens with two attached hydrogens (primary N) is 1. The molecule has 3 heteroatoms. The standard InChI is InChI=1S/C16H19ClN2/c1-3-12-4-6-13(7-5-12)16(19-18)14-8-9-15(17)11(2)10-14/h4-10,16,19H,3,18H2,1-2H3. The molecule has 100 valence electrons. The molecule has 0 saturated heterocycles. The SMILES string of the molecule is CCc1ccc(C(NN)c2ccc(Cl)c(C)c2)cc1. The summed E-state index contributed by atoms with van der Waals surface area (Å²) in [6.45, 7) is 4.15. The zero-order valence-electron chi connectivity index (χ0n) is 11.3. The molecule has 0 heterocycles. The van der Waals surface area contributed by atoms with E-state index in [-0.39, 0.29) is 6.04 Å². The van der Waals surface area contributed by atoms with E-state index in [9.17, 15) is 0 Å². The first-order valence-corrected chi connectivity index (χ1v) is 6.84. The predicted octanol–water partition coefficient (Wildman–Crippen LogP) is 3.76. The molecule has 2 aromatic rings. The lowest BCUT2D eigenvalue weighted by Crippen LogP contribution is -2.28. The number of hydrazine groups is 1. The molecule has 1 unspecified atom stereocenters. The highest BCUT2D eigenvalue weighted by Gasteiger charge is 2.13. The van der Waals surface area contributed by atoms with Gasteiger partial charge in [0.15, 0.2) is 0 Å². The summed E-state index contributed by atoms with van der Waals surface area (Å²) in [5, 5.41) is 0.779. The number of aryl methyl sites for hydroxylation is 2. The molecule has 0 radical (unpaired) electrons. The van der Waals surface area contributed by atoms with Gasteiger partial charge in [0.25, 0.3) is 0 Å². The molecule has 0 aliphatic heterocycles. The van der Waals surface area contributed by atoms with Crippen molar-refractivity contribution in [1.29, 1.82) is 0 Å². The van der Waals surface area contributed by atoms with Gasteiger partial charge in [0.05, 0.1) is 6.04 Å². The molecule has 2 nitrogen and oxygen atoms in total. The number of rotatable bonds is 4. The van der Waals surface area contributed by atoms with Crippen molar-refractivity contribution in [3.8, 4) is 0 Å². The first-order chi connectivity index (χ1) is 9.15. The number of hydrogen-bond donors (Lipinski definition) is 2. The predicted molar refractivity (Wildman–Crippen MR) is 81.2 cm³/mol. The van der Waals surface area contributed by atoms with Gasteiger partial charge in [-0.15, -0.1) is 0 Å². The van der Waals surface area contributed by atoms with Crippen LogP contribution in [0.1, 0.15) is 35.2 Å². The molecular weight excluding hydrogens is 256 g/mol. The molecule has 0 amide bonds. The minimum atomic E-state index is -0.0122. The van der Waals surface area contributed by atoms with Crippen molar-refractivity contribution in [2.24, 2.45) is 5.84 Å². The lowest BCUT2D eigenvalue weighted by Gasteiger charge is -2.18. The number of halogens is 1. The minimum absolute atomic E-state index is 0.0122. The van der Waals surface area contributed by atoms with Crippen LogP contribution in [-0.4, -0.2) is 0 Å². The molecule has 0 aliphatic rings. The summed E-state index contributed by atoms with van der Waals surface area (Å²) >= 11 is 6.06. The number of hydrogen-bond acceptors (Lipinski definition) is 2. The van der Waals surface area contributed by atoms with E-state index in [0.717, 1.165) is 28.1 Å². The Morgan fingerprint density at radius 3 is 2.26 bits per heavy atom. The monoisotopic (exact) mass is 274 g/mol. The maximum absolute atomic E-state index is 6.06. The molecule has 3 N–H and O–H groups in total. The molecule has 0 saturated carbocycles. The maximum Gasteiger partial charge on any atom is 0.0710 e. The normalized spacial score (nSPS) is 12.4. The van der Waals surface area contributed by atoms with Gasteiger partial charge in [0.2, 0.25) is 0 Å². The van der Waals surface area contributed by atoms with Crippen molar-refractivity contribution in [2.75, 3.05) is 0 Å². The van der Waals surface area contributed by atoms with E-state index in [2.05, 4.69) is 42.7 Å². The molecule has 0 fully saturated rings. The van der Waals surface area contributed by atoms with Crippen LogP contribution < -0.4 is 11.3 Å². The second-order valence-electron chi connectivity index (χ2n) is 4.70. The van der Waals surface area contributed by atoms with Gasteiger partial charge < -0.3 is 0 Å². The Bertz CT molecular complexity index is 549. The van der Waals surface area contributed by atoms with Gasteiger partial charge in [-0.05, 0) is 41.7 Å². The second kappa shape index (κ2) is 6.20. The van der Waals surface area contributed by atoms with Crippen molar-refractivity contribution in [3.05, 3.63) is 69.7 Å². The highest BCUT2D eigenvalue weighted by molar-refractivity contribution is 6.31. The fourth-order valence-electron chi connectivity index (χ4n) is 2.18. The largest absolute Gasteiger partial charge is 0.271 e.